The van der Waals surface area contributed by atoms with Gasteiger partial charge in [-0.05, 0) is 41.8 Å². The number of hydrogen-bond acceptors (Lipinski definition) is 6. The summed E-state index contributed by atoms with van der Waals surface area (Å²) in [6, 6.07) is 12.5. The van der Waals surface area contributed by atoms with Gasteiger partial charge in [0.25, 0.3) is 5.91 Å². The first-order valence-electron chi connectivity index (χ1n) is 10.5. The van der Waals surface area contributed by atoms with E-state index in [4.69, 9.17) is 27.9 Å². The Morgan fingerprint density at radius 1 is 1.09 bits per heavy atom. The Morgan fingerprint density at radius 2 is 1.82 bits per heavy atom. The zero-order valence-corrected chi connectivity index (χ0v) is 21.3. The summed E-state index contributed by atoms with van der Waals surface area (Å²) in [4.78, 5) is 24.4. The van der Waals surface area contributed by atoms with Crippen LogP contribution in [0.15, 0.2) is 47.6 Å². The van der Waals surface area contributed by atoms with Crippen molar-refractivity contribution in [3.63, 3.8) is 0 Å². The van der Waals surface area contributed by atoms with E-state index >= 15 is 0 Å². The summed E-state index contributed by atoms with van der Waals surface area (Å²) in [5, 5.41) is 15.1. The zero-order valence-electron chi connectivity index (χ0n) is 19.0. The average molecular weight is 522 g/mol. The van der Waals surface area contributed by atoms with Gasteiger partial charge in [0.15, 0.2) is 17.6 Å². The van der Waals surface area contributed by atoms with Gasteiger partial charge in [-0.2, -0.15) is 0 Å². The van der Waals surface area contributed by atoms with Gasteiger partial charge < -0.3 is 19.9 Å². The fraction of sp³-hybridized carbons (Fsp3) is 0.304. The fourth-order valence-electron chi connectivity index (χ4n) is 2.86. The first kappa shape index (κ1) is 25.9. The molecule has 0 aliphatic rings. The summed E-state index contributed by atoms with van der Waals surface area (Å²) in [6.45, 7) is 4.31. The highest BCUT2D eigenvalue weighted by Gasteiger charge is 2.14. The van der Waals surface area contributed by atoms with Crippen molar-refractivity contribution in [1.82, 2.24) is 20.1 Å². The number of thioether (sulfide) groups is 1. The molecule has 1 aromatic heterocycles. The molecule has 0 saturated heterocycles. The number of nitrogens with one attached hydrogen (secondary N) is 2. The van der Waals surface area contributed by atoms with Crippen LogP contribution < -0.4 is 15.4 Å². The number of carbonyl (C=O) groups excluding carboxylic acids is 2. The van der Waals surface area contributed by atoms with Crippen molar-refractivity contribution in [2.75, 3.05) is 17.7 Å². The highest BCUT2D eigenvalue weighted by molar-refractivity contribution is 7.99. The standard InChI is InChI=1S/C23H25Cl2N5O3S/c1-14(2)15-4-7-17(8-5-15)33-12-21(31)26-11-20-28-29-23(30(20)3)34-13-22(32)27-19-10-16(24)6-9-18(19)25/h4-10,14H,11-13H2,1-3H3,(H,26,31)(H,27,32). The van der Waals surface area contributed by atoms with Gasteiger partial charge in [0.1, 0.15) is 5.75 Å². The second-order valence-corrected chi connectivity index (χ2v) is 9.49. The summed E-state index contributed by atoms with van der Waals surface area (Å²) in [5.74, 6) is 1.19. The van der Waals surface area contributed by atoms with Crippen molar-refractivity contribution in [2.24, 2.45) is 7.05 Å². The maximum atomic E-state index is 12.3. The number of benzene rings is 2. The monoisotopic (exact) mass is 521 g/mol. The molecule has 0 saturated carbocycles. The third kappa shape index (κ3) is 7.38. The predicted octanol–water partition coefficient (Wildman–Crippen LogP) is 4.67. The molecule has 1 heterocycles. The number of hydrogen-bond donors (Lipinski definition) is 2. The molecule has 0 unspecified atom stereocenters. The second kappa shape index (κ2) is 12.1. The Bertz CT molecular complexity index is 1150. The van der Waals surface area contributed by atoms with Gasteiger partial charge in [-0.1, -0.05) is 60.9 Å². The van der Waals surface area contributed by atoms with Gasteiger partial charge in [-0.3, -0.25) is 9.59 Å². The lowest BCUT2D eigenvalue weighted by atomic mass is 10.0. The highest BCUT2D eigenvalue weighted by Crippen LogP contribution is 2.26. The lowest BCUT2D eigenvalue weighted by Crippen LogP contribution is -2.29. The molecule has 34 heavy (non-hydrogen) atoms. The molecule has 2 aromatic carbocycles. The van der Waals surface area contributed by atoms with Crippen molar-refractivity contribution in [3.8, 4) is 5.75 Å². The van der Waals surface area contributed by atoms with E-state index in [-0.39, 0.29) is 30.7 Å². The van der Waals surface area contributed by atoms with E-state index in [0.29, 0.717) is 38.4 Å². The Balaban J connectivity index is 1.44. The normalized spacial score (nSPS) is 10.9. The quantitative estimate of drug-likeness (QED) is 0.376. The van der Waals surface area contributed by atoms with Crippen LogP contribution in [0.2, 0.25) is 10.0 Å². The molecule has 0 atom stereocenters. The molecule has 0 bridgehead atoms. The largest absolute Gasteiger partial charge is 0.484 e. The minimum Gasteiger partial charge on any atom is -0.484 e. The number of anilines is 1. The number of carbonyl (C=O) groups is 2. The van der Waals surface area contributed by atoms with E-state index in [1.165, 1.54) is 17.3 Å². The van der Waals surface area contributed by atoms with Crippen molar-refractivity contribution in [3.05, 3.63) is 63.9 Å². The molecule has 2 amide bonds. The van der Waals surface area contributed by atoms with E-state index in [2.05, 4.69) is 34.7 Å². The van der Waals surface area contributed by atoms with Crippen molar-refractivity contribution >= 4 is 52.5 Å². The van der Waals surface area contributed by atoms with Gasteiger partial charge >= 0.3 is 0 Å². The molecule has 0 radical (unpaired) electrons. The summed E-state index contributed by atoms with van der Waals surface area (Å²) in [6.07, 6.45) is 0. The molecule has 180 valence electrons. The van der Waals surface area contributed by atoms with Gasteiger partial charge in [0.2, 0.25) is 5.91 Å². The fourth-order valence-corrected chi connectivity index (χ4v) is 3.93. The summed E-state index contributed by atoms with van der Waals surface area (Å²) >= 11 is 13.2. The number of amides is 2. The molecule has 0 fully saturated rings. The van der Waals surface area contributed by atoms with E-state index in [9.17, 15) is 9.59 Å². The molecular weight excluding hydrogens is 497 g/mol. The van der Waals surface area contributed by atoms with Gasteiger partial charge in [-0.15, -0.1) is 10.2 Å². The SMILES string of the molecule is CC(C)c1ccc(OCC(=O)NCc2nnc(SCC(=O)Nc3cc(Cl)ccc3Cl)n2C)cc1. The van der Waals surface area contributed by atoms with Crippen molar-refractivity contribution in [2.45, 2.75) is 31.5 Å². The van der Waals surface area contributed by atoms with E-state index < -0.39 is 0 Å². The van der Waals surface area contributed by atoms with Crippen LogP contribution in [0.25, 0.3) is 0 Å². The number of halogens is 2. The van der Waals surface area contributed by atoms with Gasteiger partial charge in [0.05, 0.1) is 23.0 Å². The number of nitrogens with zero attached hydrogens (tertiary/aromatic N) is 3. The molecule has 3 aromatic rings. The van der Waals surface area contributed by atoms with Crippen LogP contribution in [0.5, 0.6) is 5.75 Å². The van der Waals surface area contributed by atoms with Gasteiger partial charge in [-0.25, -0.2) is 0 Å². The second-order valence-electron chi connectivity index (χ2n) is 7.71. The predicted molar refractivity (Wildman–Crippen MR) is 135 cm³/mol. The van der Waals surface area contributed by atoms with Crippen LogP contribution in [-0.4, -0.2) is 38.9 Å². The number of aromatic nitrogens is 3. The van der Waals surface area contributed by atoms with Crippen LogP contribution in [0, 0.1) is 0 Å². The Hall–Kier alpha value is -2.75. The van der Waals surface area contributed by atoms with Crippen LogP contribution >= 0.6 is 35.0 Å². The molecule has 8 nitrogen and oxygen atoms in total. The molecule has 11 heteroatoms. The van der Waals surface area contributed by atoms with E-state index in [0.717, 1.165) is 0 Å². The molecule has 2 N–H and O–H groups in total. The maximum Gasteiger partial charge on any atom is 0.258 e. The van der Waals surface area contributed by atoms with E-state index in [1.54, 1.807) is 29.8 Å². The first-order valence-corrected chi connectivity index (χ1v) is 12.2. The molecular formula is C23H25Cl2N5O3S. The maximum absolute atomic E-state index is 12.3. The number of ether oxygens (including phenoxy) is 1. The molecule has 0 aliphatic heterocycles. The third-order valence-corrected chi connectivity index (χ3v) is 6.41. The Labute approximate surface area is 212 Å². The highest BCUT2D eigenvalue weighted by atomic mass is 35.5. The average Bonchev–Trinajstić information content (AvgIpc) is 3.16. The molecule has 3 rings (SSSR count). The lowest BCUT2D eigenvalue weighted by molar-refractivity contribution is -0.123. The van der Waals surface area contributed by atoms with E-state index in [1.807, 2.05) is 24.3 Å². The minimum atomic E-state index is -0.275. The van der Waals surface area contributed by atoms with Crippen molar-refractivity contribution in [1.29, 1.82) is 0 Å². The Kier molecular flexibility index (Phi) is 9.20. The van der Waals surface area contributed by atoms with Gasteiger partial charge in [0, 0.05) is 12.1 Å². The van der Waals surface area contributed by atoms with Crippen LogP contribution in [-0.2, 0) is 23.2 Å². The van der Waals surface area contributed by atoms with Crippen LogP contribution in [0.1, 0.15) is 31.2 Å². The topological polar surface area (TPSA) is 98.1 Å². The number of rotatable bonds is 10. The smallest absolute Gasteiger partial charge is 0.258 e. The minimum absolute atomic E-state index is 0.102. The third-order valence-electron chi connectivity index (χ3n) is 4.82. The van der Waals surface area contributed by atoms with Crippen LogP contribution in [0.4, 0.5) is 5.69 Å². The van der Waals surface area contributed by atoms with Crippen molar-refractivity contribution < 1.29 is 14.3 Å². The summed E-state index contributed by atoms with van der Waals surface area (Å²) in [5.41, 5.74) is 1.65. The zero-order chi connectivity index (χ0) is 24.7. The molecule has 0 aliphatic carbocycles. The molecule has 0 spiro atoms. The summed E-state index contributed by atoms with van der Waals surface area (Å²) in [7, 11) is 1.77. The summed E-state index contributed by atoms with van der Waals surface area (Å²) < 4.78 is 7.25. The van der Waals surface area contributed by atoms with Crippen LogP contribution in [0.3, 0.4) is 0 Å². The Morgan fingerprint density at radius 3 is 2.53 bits per heavy atom. The lowest BCUT2D eigenvalue weighted by Gasteiger charge is -2.09. The first-order chi connectivity index (χ1) is 16.2.